The Morgan fingerprint density at radius 3 is 2.62 bits per heavy atom. The van der Waals surface area contributed by atoms with Crippen molar-refractivity contribution in [1.29, 1.82) is 0 Å². The van der Waals surface area contributed by atoms with Crippen LogP contribution in [-0.2, 0) is 28.3 Å². The van der Waals surface area contributed by atoms with Gasteiger partial charge >= 0.3 is 5.97 Å². The second-order valence-corrected chi connectivity index (χ2v) is 8.50. The number of hydrogen-bond donors (Lipinski definition) is 3. The molecule has 0 fully saturated rings. The smallest absolute Gasteiger partial charge is 0.307 e. The van der Waals surface area contributed by atoms with Gasteiger partial charge in [0.05, 0.1) is 18.4 Å². The predicted octanol–water partition coefficient (Wildman–Crippen LogP) is 2.39. The van der Waals surface area contributed by atoms with Gasteiger partial charge in [-0.1, -0.05) is 12.1 Å². The van der Waals surface area contributed by atoms with Gasteiger partial charge in [-0.15, -0.1) is 0 Å². The first-order valence-corrected chi connectivity index (χ1v) is 11.1. The van der Waals surface area contributed by atoms with E-state index in [1.165, 1.54) is 35.3 Å². The molecule has 10 nitrogen and oxygen atoms in total. The monoisotopic (exact) mass is 458 g/mol. The summed E-state index contributed by atoms with van der Waals surface area (Å²) in [5, 5.41) is 11.4. The summed E-state index contributed by atoms with van der Waals surface area (Å²) < 4.78 is 35.3. The SMILES string of the molecule is CCNC(=O)c1ccc(Oc2cccc(CC(=O)O)c2)c(NS(=O)(=O)c2cn(C)cn2)c1. The largest absolute Gasteiger partial charge is 0.481 e. The summed E-state index contributed by atoms with van der Waals surface area (Å²) in [6, 6.07) is 10.8. The van der Waals surface area contributed by atoms with E-state index < -0.39 is 16.0 Å². The molecule has 11 heteroatoms. The number of carboxylic acids is 1. The van der Waals surface area contributed by atoms with Crippen LogP contribution in [0.3, 0.4) is 0 Å². The molecule has 0 radical (unpaired) electrons. The molecule has 0 saturated heterocycles. The van der Waals surface area contributed by atoms with Gasteiger partial charge in [0.25, 0.3) is 15.9 Å². The number of carbonyl (C=O) groups is 2. The summed E-state index contributed by atoms with van der Waals surface area (Å²) in [5.74, 6) is -0.920. The third-order valence-electron chi connectivity index (χ3n) is 4.26. The van der Waals surface area contributed by atoms with E-state index in [2.05, 4.69) is 15.0 Å². The summed E-state index contributed by atoms with van der Waals surface area (Å²) in [6.45, 7) is 2.17. The Hall–Kier alpha value is -3.86. The second kappa shape index (κ2) is 9.52. The number of ether oxygens (including phenoxy) is 1. The lowest BCUT2D eigenvalue weighted by molar-refractivity contribution is -0.136. The molecule has 0 unspecified atom stereocenters. The predicted molar refractivity (Wildman–Crippen MR) is 116 cm³/mol. The molecule has 3 rings (SSSR count). The number of sulfonamides is 1. The van der Waals surface area contributed by atoms with Crippen LogP contribution in [0.15, 0.2) is 60.0 Å². The maximum atomic E-state index is 12.8. The van der Waals surface area contributed by atoms with Crippen molar-refractivity contribution in [3.8, 4) is 11.5 Å². The van der Waals surface area contributed by atoms with Crippen LogP contribution in [0.5, 0.6) is 11.5 Å². The molecule has 3 aromatic rings. The highest BCUT2D eigenvalue weighted by Crippen LogP contribution is 2.32. The Bertz CT molecular complexity index is 1250. The van der Waals surface area contributed by atoms with Crippen LogP contribution in [0, 0.1) is 0 Å². The molecule has 0 bridgehead atoms. The van der Waals surface area contributed by atoms with Crippen LogP contribution in [-0.4, -0.2) is 41.5 Å². The summed E-state index contributed by atoms with van der Waals surface area (Å²) in [7, 11) is -2.42. The first kappa shape index (κ1) is 22.8. The summed E-state index contributed by atoms with van der Waals surface area (Å²) in [4.78, 5) is 27.1. The van der Waals surface area contributed by atoms with Gasteiger partial charge in [0.15, 0.2) is 10.8 Å². The second-order valence-electron chi connectivity index (χ2n) is 6.87. The molecule has 0 aliphatic heterocycles. The summed E-state index contributed by atoms with van der Waals surface area (Å²) in [6.07, 6.45) is 2.50. The molecule has 0 saturated carbocycles. The van der Waals surface area contributed by atoms with Crippen molar-refractivity contribution in [3.63, 3.8) is 0 Å². The van der Waals surface area contributed by atoms with E-state index in [0.717, 1.165) is 0 Å². The molecule has 3 N–H and O–H groups in total. The standard InChI is InChI=1S/C21H22N4O6S/c1-3-22-21(28)15-7-8-18(31-16-6-4-5-14(9-16)10-20(26)27)17(11-15)24-32(29,30)19-12-25(2)13-23-19/h4-9,11-13,24H,3,10H2,1-2H3,(H,22,28)(H,26,27). The molecule has 0 aliphatic carbocycles. The van der Waals surface area contributed by atoms with E-state index in [-0.39, 0.29) is 34.4 Å². The van der Waals surface area contributed by atoms with Crippen LogP contribution >= 0.6 is 0 Å². The molecule has 0 atom stereocenters. The Balaban J connectivity index is 1.98. The van der Waals surface area contributed by atoms with Crippen LogP contribution in [0.1, 0.15) is 22.8 Å². The number of benzene rings is 2. The zero-order chi connectivity index (χ0) is 23.3. The lowest BCUT2D eigenvalue weighted by atomic mass is 10.1. The number of hydrogen-bond acceptors (Lipinski definition) is 6. The molecule has 1 aromatic heterocycles. The lowest BCUT2D eigenvalue weighted by Crippen LogP contribution is -2.23. The highest BCUT2D eigenvalue weighted by molar-refractivity contribution is 7.92. The number of amides is 1. The third-order valence-corrected chi connectivity index (χ3v) is 5.51. The Morgan fingerprint density at radius 1 is 1.19 bits per heavy atom. The molecule has 0 spiro atoms. The number of aliphatic carboxylic acids is 1. The van der Waals surface area contributed by atoms with E-state index in [4.69, 9.17) is 9.84 Å². The van der Waals surface area contributed by atoms with Gasteiger partial charge in [-0.05, 0) is 42.8 Å². The molecular weight excluding hydrogens is 436 g/mol. The number of nitrogens with one attached hydrogen (secondary N) is 2. The molecular formula is C21H22N4O6S. The maximum absolute atomic E-state index is 12.8. The minimum absolute atomic E-state index is 0.0306. The average Bonchev–Trinajstić information content (AvgIpc) is 3.16. The Labute approximate surface area is 184 Å². The van der Waals surface area contributed by atoms with E-state index in [1.54, 1.807) is 38.2 Å². The van der Waals surface area contributed by atoms with Crippen molar-refractivity contribution >= 4 is 27.6 Å². The number of carbonyl (C=O) groups excluding carboxylic acids is 1. The molecule has 168 valence electrons. The summed E-state index contributed by atoms with van der Waals surface area (Å²) in [5.41, 5.74) is 0.783. The van der Waals surface area contributed by atoms with Crippen LogP contribution in [0.25, 0.3) is 0 Å². The zero-order valence-electron chi connectivity index (χ0n) is 17.4. The number of anilines is 1. The normalized spacial score (nSPS) is 11.1. The highest BCUT2D eigenvalue weighted by Gasteiger charge is 2.21. The van der Waals surface area contributed by atoms with Crippen LogP contribution < -0.4 is 14.8 Å². The first-order chi connectivity index (χ1) is 15.2. The Morgan fingerprint density at radius 2 is 1.97 bits per heavy atom. The fraction of sp³-hybridized carbons (Fsp3) is 0.190. The van der Waals surface area contributed by atoms with Crippen molar-refractivity contribution in [2.24, 2.45) is 7.05 Å². The molecule has 2 aromatic carbocycles. The molecule has 32 heavy (non-hydrogen) atoms. The van der Waals surface area contributed by atoms with E-state index >= 15 is 0 Å². The van der Waals surface area contributed by atoms with E-state index in [1.807, 2.05) is 0 Å². The highest BCUT2D eigenvalue weighted by atomic mass is 32.2. The van der Waals surface area contributed by atoms with Crippen molar-refractivity contribution in [2.75, 3.05) is 11.3 Å². The topological polar surface area (TPSA) is 140 Å². The fourth-order valence-corrected chi connectivity index (χ4v) is 3.89. The number of carboxylic acid groups (broad SMARTS) is 1. The van der Waals surface area contributed by atoms with Gasteiger partial charge in [0.2, 0.25) is 0 Å². The van der Waals surface area contributed by atoms with E-state index in [9.17, 15) is 18.0 Å². The van der Waals surface area contributed by atoms with Gasteiger partial charge in [0, 0.05) is 25.4 Å². The van der Waals surface area contributed by atoms with Gasteiger partial charge < -0.3 is 19.7 Å². The van der Waals surface area contributed by atoms with Crippen molar-refractivity contribution < 1.29 is 27.9 Å². The number of rotatable bonds is 9. The van der Waals surface area contributed by atoms with Crippen molar-refractivity contribution in [1.82, 2.24) is 14.9 Å². The number of nitrogens with zero attached hydrogens (tertiary/aromatic N) is 2. The number of imidazole rings is 1. The average molecular weight is 458 g/mol. The Kier molecular flexibility index (Phi) is 6.79. The van der Waals surface area contributed by atoms with Crippen molar-refractivity contribution in [2.45, 2.75) is 18.4 Å². The van der Waals surface area contributed by atoms with E-state index in [0.29, 0.717) is 17.9 Å². The lowest BCUT2D eigenvalue weighted by Gasteiger charge is -2.15. The minimum Gasteiger partial charge on any atom is -0.481 e. The quantitative estimate of drug-likeness (QED) is 0.447. The number of aromatic nitrogens is 2. The fourth-order valence-electron chi connectivity index (χ4n) is 2.85. The van der Waals surface area contributed by atoms with Gasteiger partial charge in [0.1, 0.15) is 5.75 Å². The third kappa shape index (κ3) is 5.64. The van der Waals surface area contributed by atoms with Gasteiger partial charge in [-0.3, -0.25) is 14.3 Å². The molecule has 0 aliphatic rings. The van der Waals surface area contributed by atoms with Gasteiger partial charge in [-0.2, -0.15) is 8.42 Å². The molecule has 1 heterocycles. The van der Waals surface area contributed by atoms with Gasteiger partial charge in [-0.25, -0.2) is 4.98 Å². The maximum Gasteiger partial charge on any atom is 0.307 e. The number of aryl methyl sites for hydroxylation is 1. The first-order valence-electron chi connectivity index (χ1n) is 9.59. The summed E-state index contributed by atoms with van der Waals surface area (Å²) >= 11 is 0. The molecule has 1 amide bonds. The minimum atomic E-state index is -4.06. The van der Waals surface area contributed by atoms with Crippen LogP contribution in [0.2, 0.25) is 0 Å². The zero-order valence-corrected chi connectivity index (χ0v) is 18.2. The van der Waals surface area contributed by atoms with Crippen LogP contribution in [0.4, 0.5) is 5.69 Å². The van der Waals surface area contributed by atoms with Crippen molar-refractivity contribution in [3.05, 3.63) is 66.1 Å².